The fourth-order valence-corrected chi connectivity index (χ4v) is 1.65. The van der Waals surface area contributed by atoms with E-state index >= 15 is 0 Å². The quantitative estimate of drug-likeness (QED) is 0.555. The molecule has 0 fully saturated rings. The maximum atomic E-state index is 5.54. The van der Waals surface area contributed by atoms with Gasteiger partial charge in [-0.15, -0.1) is 0 Å². The lowest BCUT2D eigenvalue weighted by Crippen LogP contribution is -2.08. The van der Waals surface area contributed by atoms with E-state index in [1.165, 1.54) is 12.8 Å². The van der Waals surface area contributed by atoms with Gasteiger partial charge in [-0.3, -0.25) is 4.99 Å². The minimum atomic E-state index is 0.444. The Balaban J connectivity index is 2.49. The number of thioether (sulfide) groups is 1. The van der Waals surface area contributed by atoms with Gasteiger partial charge in [0, 0.05) is 5.75 Å². The third kappa shape index (κ3) is 2.26. The van der Waals surface area contributed by atoms with Crippen molar-refractivity contribution >= 4 is 16.9 Å². The first-order chi connectivity index (χ1) is 4.29. The first-order valence-corrected chi connectivity index (χ1v) is 4.23. The van der Waals surface area contributed by atoms with Gasteiger partial charge in [0.15, 0.2) is 5.17 Å². The van der Waals surface area contributed by atoms with Crippen molar-refractivity contribution in [2.24, 2.45) is 10.7 Å². The van der Waals surface area contributed by atoms with Gasteiger partial charge >= 0.3 is 0 Å². The van der Waals surface area contributed by atoms with Gasteiger partial charge in [-0.25, -0.2) is 0 Å². The van der Waals surface area contributed by atoms with Gasteiger partial charge in [0.05, 0.1) is 6.04 Å². The standard InChI is InChI=1S/C6H12N2S/c1-5-3-2-4-9-6(7)8-5/h5H,2-4H2,1H3,(H2,7,8). The van der Waals surface area contributed by atoms with Crippen LogP contribution in [0.1, 0.15) is 19.8 Å². The largest absolute Gasteiger partial charge is 0.379 e. The Hall–Kier alpha value is -0.180. The molecular weight excluding hydrogens is 132 g/mol. The van der Waals surface area contributed by atoms with E-state index in [1.54, 1.807) is 11.8 Å². The van der Waals surface area contributed by atoms with Gasteiger partial charge in [-0.2, -0.15) is 0 Å². The summed E-state index contributed by atoms with van der Waals surface area (Å²) in [6.07, 6.45) is 2.43. The van der Waals surface area contributed by atoms with Crippen LogP contribution in [0.3, 0.4) is 0 Å². The summed E-state index contributed by atoms with van der Waals surface area (Å²) < 4.78 is 0. The van der Waals surface area contributed by atoms with E-state index in [1.807, 2.05) is 0 Å². The normalized spacial score (nSPS) is 29.0. The summed E-state index contributed by atoms with van der Waals surface area (Å²) in [5, 5.41) is 0.764. The smallest absolute Gasteiger partial charge is 0.154 e. The molecule has 0 aromatic carbocycles. The number of hydrogen-bond acceptors (Lipinski definition) is 3. The Morgan fingerprint density at radius 1 is 1.78 bits per heavy atom. The molecule has 0 aromatic heterocycles. The summed E-state index contributed by atoms with van der Waals surface area (Å²) in [6.45, 7) is 2.11. The van der Waals surface area contributed by atoms with Crippen molar-refractivity contribution in [1.82, 2.24) is 0 Å². The molecule has 0 saturated heterocycles. The number of amidine groups is 1. The zero-order valence-corrected chi connectivity index (χ0v) is 6.45. The highest BCUT2D eigenvalue weighted by Crippen LogP contribution is 2.13. The summed E-state index contributed by atoms with van der Waals surface area (Å²) in [5.74, 6) is 1.14. The third-order valence-electron chi connectivity index (χ3n) is 1.36. The molecule has 1 heterocycles. The molecule has 0 aromatic rings. The highest BCUT2D eigenvalue weighted by Gasteiger charge is 2.05. The Morgan fingerprint density at radius 3 is 3.33 bits per heavy atom. The van der Waals surface area contributed by atoms with Crippen LogP contribution >= 0.6 is 11.8 Å². The fraction of sp³-hybridized carbons (Fsp3) is 0.833. The Morgan fingerprint density at radius 2 is 2.56 bits per heavy atom. The van der Waals surface area contributed by atoms with Crippen LogP contribution in [0.2, 0.25) is 0 Å². The number of nitrogens with zero attached hydrogens (tertiary/aromatic N) is 1. The van der Waals surface area contributed by atoms with Crippen LogP contribution in [0.25, 0.3) is 0 Å². The summed E-state index contributed by atoms with van der Waals surface area (Å²) in [6, 6.07) is 0.444. The molecule has 2 N–H and O–H groups in total. The number of hydrogen-bond donors (Lipinski definition) is 1. The van der Waals surface area contributed by atoms with Crippen LogP contribution in [-0.4, -0.2) is 17.0 Å². The molecule has 0 bridgehead atoms. The Bertz CT molecular complexity index is 122. The van der Waals surface area contributed by atoms with E-state index in [2.05, 4.69) is 11.9 Å². The third-order valence-corrected chi connectivity index (χ3v) is 2.26. The van der Waals surface area contributed by atoms with E-state index in [4.69, 9.17) is 5.73 Å². The fourth-order valence-electron chi connectivity index (χ4n) is 0.875. The zero-order chi connectivity index (χ0) is 6.69. The van der Waals surface area contributed by atoms with Crippen LogP contribution in [0, 0.1) is 0 Å². The number of aliphatic imine (C=N–C) groups is 1. The Kier molecular flexibility index (Phi) is 2.39. The maximum Gasteiger partial charge on any atom is 0.154 e. The molecule has 9 heavy (non-hydrogen) atoms. The maximum absolute atomic E-state index is 5.54. The van der Waals surface area contributed by atoms with Crippen molar-refractivity contribution in [3.63, 3.8) is 0 Å². The van der Waals surface area contributed by atoms with Crippen LogP contribution in [-0.2, 0) is 0 Å². The van der Waals surface area contributed by atoms with Crippen molar-refractivity contribution in [1.29, 1.82) is 0 Å². The van der Waals surface area contributed by atoms with E-state index in [0.717, 1.165) is 10.9 Å². The highest BCUT2D eigenvalue weighted by molar-refractivity contribution is 8.13. The predicted molar refractivity (Wildman–Crippen MR) is 42.8 cm³/mol. The molecule has 2 nitrogen and oxygen atoms in total. The Labute approximate surface area is 59.9 Å². The summed E-state index contributed by atoms with van der Waals surface area (Å²) >= 11 is 1.67. The van der Waals surface area contributed by atoms with Gasteiger partial charge in [-0.1, -0.05) is 11.8 Å². The second-order valence-corrected chi connectivity index (χ2v) is 3.42. The van der Waals surface area contributed by atoms with Gasteiger partial charge in [0.25, 0.3) is 0 Å². The molecule has 1 atom stereocenters. The molecule has 1 unspecified atom stereocenters. The molecule has 1 aliphatic heterocycles. The van der Waals surface area contributed by atoms with Crippen LogP contribution in [0.15, 0.2) is 4.99 Å². The van der Waals surface area contributed by atoms with Crippen molar-refractivity contribution in [3.8, 4) is 0 Å². The molecule has 0 saturated carbocycles. The van der Waals surface area contributed by atoms with Crippen molar-refractivity contribution in [2.75, 3.05) is 5.75 Å². The summed E-state index contributed by atoms with van der Waals surface area (Å²) in [4.78, 5) is 4.23. The van der Waals surface area contributed by atoms with E-state index in [0.29, 0.717) is 6.04 Å². The molecule has 1 rings (SSSR count). The van der Waals surface area contributed by atoms with Crippen LogP contribution < -0.4 is 5.73 Å². The van der Waals surface area contributed by atoms with E-state index in [9.17, 15) is 0 Å². The molecule has 3 heteroatoms. The lowest BCUT2D eigenvalue weighted by atomic mass is 10.2. The monoisotopic (exact) mass is 144 g/mol. The molecule has 52 valence electrons. The molecular formula is C6H12N2S. The first-order valence-electron chi connectivity index (χ1n) is 3.25. The number of nitrogens with two attached hydrogens (primary N) is 1. The minimum Gasteiger partial charge on any atom is -0.379 e. The molecule has 0 amide bonds. The second-order valence-electron chi connectivity index (χ2n) is 2.31. The minimum absolute atomic E-state index is 0.444. The SMILES string of the molecule is CC1CCCSC(N)=N1. The van der Waals surface area contributed by atoms with E-state index < -0.39 is 0 Å². The zero-order valence-electron chi connectivity index (χ0n) is 5.63. The van der Waals surface area contributed by atoms with Crippen LogP contribution in [0.5, 0.6) is 0 Å². The lowest BCUT2D eigenvalue weighted by molar-refractivity contribution is 0.664. The van der Waals surface area contributed by atoms with Crippen molar-refractivity contribution in [2.45, 2.75) is 25.8 Å². The summed E-state index contributed by atoms with van der Waals surface area (Å²) in [5.41, 5.74) is 5.54. The molecule has 0 spiro atoms. The van der Waals surface area contributed by atoms with Gasteiger partial charge < -0.3 is 5.73 Å². The molecule has 1 aliphatic rings. The van der Waals surface area contributed by atoms with Gasteiger partial charge in [0.2, 0.25) is 0 Å². The van der Waals surface area contributed by atoms with Gasteiger partial charge in [-0.05, 0) is 19.8 Å². The average Bonchev–Trinajstić information content (AvgIpc) is 1.93. The van der Waals surface area contributed by atoms with Gasteiger partial charge in [0.1, 0.15) is 0 Å². The van der Waals surface area contributed by atoms with E-state index in [-0.39, 0.29) is 0 Å². The number of rotatable bonds is 0. The van der Waals surface area contributed by atoms with Crippen molar-refractivity contribution in [3.05, 3.63) is 0 Å². The van der Waals surface area contributed by atoms with Crippen LogP contribution in [0.4, 0.5) is 0 Å². The topological polar surface area (TPSA) is 38.4 Å². The molecule has 0 aliphatic carbocycles. The highest BCUT2D eigenvalue weighted by atomic mass is 32.2. The first kappa shape index (κ1) is 6.93. The lowest BCUT2D eigenvalue weighted by Gasteiger charge is -1.98. The van der Waals surface area contributed by atoms with Crippen molar-refractivity contribution < 1.29 is 0 Å². The predicted octanol–water partition coefficient (Wildman–Crippen LogP) is 1.22. The second kappa shape index (κ2) is 3.11. The average molecular weight is 144 g/mol. The summed E-state index contributed by atoms with van der Waals surface area (Å²) in [7, 11) is 0. The molecule has 0 radical (unpaired) electrons.